The normalized spacial score (nSPS) is 14.2. The minimum Gasteiger partial charge on any atom is -0.423 e. The zero-order chi connectivity index (χ0) is 21.5. The van der Waals surface area contributed by atoms with Gasteiger partial charge in [-0.1, -0.05) is 23.3 Å². The van der Waals surface area contributed by atoms with E-state index in [0.717, 1.165) is 11.1 Å². The summed E-state index contributed by atoms with van der Waals surface area (Å²) < 4.78 is 20.0. The predicted molar refractivity (Wildman–Crippen MR) is 111 cm³/mol. The lowest BCUT2D eigenvalue weighted by Crippen LogP contribution is -2.43. The van der Waals surface area contributed by atoms with E-state index in [1.165, 1.54) is 11.1 Å². The fourth-order valence-electron chi connectivity index (χ4n) is 3.36. The highest BCUT2D eigenvalue weighted by Crippen LogP contribution is 2.21. The lowest BCUT2D eigenvalue weighted by Gasteiger charge is -2.31. The Hall–Kier alpha value is -2.71. The molecule has 0 radical (unpaired) electrons. The van der Waals surface area contributed by atoms with Gasteiger partial charge in [0.25, 0.3) is 5.91 Å². The molecule has 1 heterocycles. The highest BCUT2D eigenvalue weighted by Gasteiger charge is 2.33. The number of nitrogens with zero attached hydrogens (tertiary/aromatic N) is 2. The van der Waals surface area contributed by atoms with Crippen LogP contribution in [0.1, 0.15) is 53.4 Å². The Labute approximate surface area is 170 Å². The molecular formula is C21H25BFN3O3. The Morgan fingerprint density at radius 2 is 1.86 bits per heavy atom. The van der Waals surface area contributed by atoms with Crippen molar-refractivity contribution in [1.82, 2.24) is 5.01 Å². The summed E-state index contributed by atoms with van der Waals surface area (Å²) in [4.78, 5) is 13.2. The van der Waals surface area contributed by atoms with E-state index in [1.807, 2.05) is 40.7 Å². The fourth-order valence-corrected chi connectivity index (χ4v) is 3.36. The number of hydrogen-bond acceptors (Lipinski definition) is 4. The van der Waals surface area contributed by atoms with Crippen molar-refractivity contribution in [3.8, 4) is 0 Å². The van der Waals surface area contributed by atoms with Gasteiger partial charge in [0.15, 0.2) is 5.84 Å². The molecule has 29 heavy (non-hydrogen) atoms. The molecule has 1 amide bonds. The summed E-state index contributed by atoms with van der Waals surface area (Å²) in [5, 5.41) is 15.4. The summed E-state index contributed by atoms with van der Waals surface area (Å²) in [7, 11) is -1.34. The van der Waals surface area contributed by atoms with Crippen LogP contribution in [0.3, 0.4) is 0 Å². The number of amides is 1. The average molecular weight is 397 g/mol. The first kappa shape index (κ1) is 21.0. The zero-order valence-electron chi connectivity index (χ0n) is 17.3. The monoisotopic (exact) mass is 397 g/mol. The number of amidine groups is 1. The molecule has 3 N–H and O–H groups in total. The second-order valence-electron chi connectivity index (χ2n) is 8.31. The van der Waals surface area contributed by atoms with E-state index >= 15 is 0 Å². The molecule has 0 spiro atoms. The summed E-state index contributed by atoms with van der Waals surface area (Å²) in [6.07, 6.45) is 0. The van der Waals surface area contributed by atoms with Gasteiger partial charge in [-0.25, -0.2) is 9.40 Å². The van der Waals surface area contributed by atoms with Gasteiger partial charge in [-0.2, -0.15) is 5.10 Å². The molecule has 1 aliphatic heterocycles. The lowest BCUT2D eigenvalue weighted by molar-refractivity contribution is 0.0591. The number of halogens is 1. The number of carbonyl (C=O) groups is 1. The molecule has 1 aliphatic rings. The molecule has 0 bridgehead atoms. The van der Waals surface area contributed by atoms with E-state index in [1.54, 1.807) is 18.2 Å². The van der Waals surface area contributed by atoms with Gasteiger partial charge in [-0.05, 0) is 58.4 Å². The van der Waals surface area contributed by atoms with E-state index in [2.05, 4.69) is 5.10 Å². The smallest absolute Gasteiger partial charge is 0.423 e. The zero-order valence-corrected chi connectivity index (χ0v) is 17.3. The summed E-state index contributed by atoms with van der Waals surface area (Å²) in [6.45, 7) is 9.42. The van der Waals surface area contributed by atoms with Crippen LogP contribution in [0.25, 0.3) is 0 Å². The van der Waals surface area contributed by atoms with E-state index < -0.39 is 18.5 Å². The van der Waals surface area contributed by atoms with Crippen LogP contribution in [0.15, 0.2) is 35.4 Å². The maximum absolute atomic E-state index is 14.9. The number of hydrazone groups is 1. The molecule has 3 rings (SSSR count). The van der Waals surface area contributed by atoms with Crippen molar-refractivity contribution < 1.29 is 18.9 Å². The van der Waals surface area contributed by atoms with Crippen molar-refractivity contribution >= 4 is 24.3 Å². The van der Waals surface area contributed by atoms with Crippen LogP contribution in [-0.2, 0) is 11.3 Å². The van der Waals surface area contributed by atoms with Crippen molar-refractivity contribution in [1.29, 1.82) is 0 Å². The topological polar surface area (TPSA) is 88.2 Å². The number of rotatable bonds is 3. The van der Waals surface area contributed by atoms with Crippen molar-refractivity contribution in [2.45, 2.75) is 46.8 Å². The highest BCUT2D eigenvalue weighted by atomic mass is 19.1. The molecule has 0 unspecified atom stereocenters. The molecule has 2 aromatic carbocycles. The first-order chi connectivity index (χ1) is 13.5. The molecule has 6 nitrogen and oxygen atoms in total. The van der Waals surface area contributed by atoms with Gasteiger partial charge >= 0.3 is 7.12 Å². The van der Waals surface area contributed by atoms with Crippen LogP contribution in [0.4, 0.5) is 4.39 Å². The molecular weight excluding hydrogens is 372 g/mol. The molecule has 152 valence electrons. The van der Waals surface area contributed by atoms with E-state index in [0.29, 0.717) is 11.1 Å². The van der Waals surface area contributed by atoms with Crippen LogP contribution in [0, 0.1) is 19.7 Å². The van der Waals surface area contributed by atoms with Crippen molar-refractivity contribution in [3.63, 3.8) is 0 Å². The molecule has 0 aliphatic carbocycles. The van der Waals surface area contributed by atoms with Crippen molar-refractivity contribution in [3.05, 3.63) is 64.0 Å². The SMILES string of the molecule is Cc1cc(C)cc(C(=O)N(N=C(N)c2ccc3c(c2F)B(O)OC3)C(C)(C)C)c1. The number of carbonyl (C=O) groups excluding carboxylic acids is 1. The standard InChI is InChI=1S/C21H25BFN3O3/c1-12-8-13(2)10-15(9-12)20(27)26(21(3,4)5)25-19(24)16-7-6-14-11-29-22(28)17(14)18(16)23/h6-10,28H,11H2,1-5H3,(H2,24,25). The minimum atomic E-state index is -1.34. The first-order valence-corrected chi connectivity index (χ1v) is 9.37. The third-order valence-electron chi connectivity index (χ3n) is 4.69. The fraction of sp³-hybridized carbons (Fsp3) is 0.333. The molecule has 0 aromatic heterocycles. The summed E-state index contributed by atoms with van der Waals surface area (Å²) in [5.74, 6) is -1.18. The number of benzene rings is 2. The number of fused-ring (bicyclic) bond motifs is 1. The quantitative estimate of drug-likeness (QED) is 0.360. The highest BCUT2D eigenvalue weighted by molar-refractivity contribution is 6.61. The number of hydrogen-bond donors (Lipinski definition) is 2. The Bertz CT molecular complexity index is 981. The lowest BCUT2D eigenvalue weighted by atomic mass is 9.78. The van der Waals surface area contributed by atoms with Crippen LogP contribution in [0.2, 0.25) is 0 Å². The molecule has 0 atom stereocenters. The third kappa shape index (κ3) is 4.18. The van der Waals surface area contributed by atoms with Gasteiger partial charge in [0.05, 0.1) is 17.7 Å². The molecule has 8 heteroatoms. The minimum absolute atomic E-state index is 0.00997. The van der Waals surface area contributed by atoms with Crippen LogP contribution >= 0.6 is 0 Å². The molecule has 0 saturated heterocycles. The Morgan fingerprint density at radius 3 is 2.45 bits per heavy atom. The van der Waals surface area contributed by atoms with Gasteiger partial charge in [0.1, 0.15) is 5.82 Å². The van der Waals surface area contributed by atoms with E-state index in [-0.39, 0.29) is 29.4 Å². The van der Waals surface area contributed by atoms with Gasteiger partial charge in [-0.15, -0.1) is 0 Å². The second kappa shape index (κ2) is 7.61. The summed E-state index contributed by atoms with van der Waals surface area (Å²) in [6, 6.07) is 8.66. The predicted octanol–water partition coefficient (Wildman–Crippen LogP) is 2.22. The van der Waals surface area contributed by atoms with Crippen LogP contribution < -0.4 is 11.2 Å². The third-order valence-corrected chi connectivity index (χ3v) is 4.69. The van der Waals surface area contributed by atoms with Crippen LogP contribution in [0.5, 0.6) is 0 Å². The summed E-state index contributed by atoms with van der Waals surface area (Å²) in [5.41, 5.74) is 8.42. The second-order valence-corrected chi connectivity index (χ2v) is 8.31. The number of nitrogens with two attached hydrogens (primary N) is 1. The largest absolute Gasteiger partial charge is 0.494 e. The maximum Gasteiger partial charge on any atom is 0.494 e. The molecule has 0 saturated carbocycles. The Morgan fingerprint density at radius 1 is 1.24 bits per heavy atom. The van der Waals surface area contributed by atoms with Gasteiger partial charge in [0, 0.05) is 11.0 Å². The van der Waals surface area contributed by atoms with Crippen LogP contribution in [-0.4, -0.2) is 34.4 Å². The van der Waals surface area contributed by atoms with Gasteiger partial charge in [0.2, 0.25) is 0 Å². The van der Waals surface area contributed by atoms with Crippen molar-refractivity contribution in [2.24, 2.45) is 10.8 Å². The van der Waals surface area contributed by atoms with E-state index in [9.17, 15) is 14.2 Å². The Kier molecular flexibility index (Phi) is 5.51. The molecule has 0 fully saturated rings. The van der Waals surface area contributed by atoms with E-state index in [4.69, 9.17) is 10.4 Å². The molecule has 2 aromatic rings. The van der Waals surface area contributed by atoms with Gasteiger partial charge < -0.3 is 15.4 Å². The Balaban J connectivity index is 2.04. The van der Waals surface area contributed by atoms with Crippen molar-refractivity contribution in [2.75, 3.05) is 0 Å². The average Bonchev–Trinajstić information content (AvgIpc) is 2.99. The first-order valence-electron chi connectivity index (χ1n) is 9.37. The maximum atomic E-state index is 14.9. The number of aryl methyl sites for hydroxylation is 2. The van der Waals surface area contributed by atoms with Gasteiger partial charge in [-0.3, -0.25) is 4.79 Å². The summed E-state index contributed by atoms with van der Waals surface area (Å²) >= 11 is 0.